The lowest BCUT2D eigenvalue weighted by atomic mass is 10.3. The second-order valence-electron chi connectivity index (χ2n) is 4.43. The number of nitrogens with one attached hydrogen (secondary N) is 1. The van der Waals surface area contributed by atoms with Crippen LogP contribution < -0.4 is 19.9 Å². The highest BCUT2D eigenvalue weighted by Gasteiger charge is 2.19. The SMILES string of the molecule is NCCc1ccc(S(=O)(=O)Nc2ccc3c(c2)OCO3)s1. The van der Waals surface area contributed by atoms with Gasteiger partial charge in [0.15, 0.2) is 11.5 Å². The van der Waals surface area contributed by atoms with Gasteiger partial charge >= 0.3 is 0 Å². The van der Waals surface area contributed by atoms with E-state index in [9.17, 15) is 8.42 Å². The van der Waals surface area contributed by atoms with E-state index in [1.54, 1.807) is 30.3 Å². The summed E-state index contributed by atoms with van der Waals surface area (Å²) in [4.78, 5) is 0.948. The Bertz CT molecular complexity index is 755. The number of hydrogen-bond acceptors (Lipinski definition) is 6. The lowest BCUT2D eigenvalue weighted by Crippen LogP contribution is -2.11. The van der Waals surface area contributed by atoms with Crippen molar-refractivity contribution in [2.24, 2.45) is 5.73 Å². The monoisotopic (exact) mass is 326 g/mol. The summed E-state index contributed by atoms with van der Waals surface area (Å²) in [6.45, 7) is 0.647. The number of hydrogen-bond donors (Lipinski definition) is 2. The summed E-state index contributed by atoms with van der Waals surface area (Å²) in [6, 6.07) is 8.29. The molecular weight excluding hydrogens is 312 g/mol. The van der Waals surface area contributed by atoms with Crippen LogP contribution in [0, 0.1) is 0 Å². The first-order chi connectivity index (χ1) is 10.1. The fourth-order valence-electron chi connectivity index (χ4n) is 1.94. The highest BCUT2D eigenvalue weighted by atomic mass is 32.2. The first-order valence-electron chi connectivity index (χ1n) is 6.30. The van der Waals surface area contributed by atoms with E-state index in [1.165, 1.54) is 11.3 Å². The molecule has 21 heavy (non-hydrogen) atoms. The van der Waals surface area contributed by atoms with Crippen molar-refractivity contribution >= 4 is 27.0 Å². The van der Waals surface area contributed by atoms with Crippen LogP contribution in [0.3, 0.4) is 0 Å². The van der Waals surface area contributed by atoms with Crippen LogP contribution in [-0.4, -0.2) is 21.8 Å². The molecule has 3 N–H and O–H groups in total. The van der Waals surface area contributed by atoms with E-state index in [-0.39, 0.29) is 11.0 Å². The van der Waals surface area contributed by atoms with Crippen LogP contribution in [0.5, 0.6) is 11.5 Å². The molecule has 1 aliphatic heterocycles. The van der Waals surface area contributed by atoms with Crippen molar-refractivity contribution in [3.8, 4) is 11.5 Å². The number of nitrogens with two attached hydrogens (primary N) is 1. The molecule has 0 aliphatic carbocycles. The largest absolute Gasteiger partial charge is 0.454 e. The van der Waals surface area contributed by atoms with Gasteiger partial charge < -0.3 is 15.2 Å². The maximum absolute atomic E-state index is 12.3. The van der Waals surface area contributed by atoms with Crippen molar-refractivity contribution in [1.82, 2.24) is 0 Å². The summed E-state index contributed by atoms with van der Waals surface area (Å²) in [5, 5.41) is 0. The minimum atomic E-state index is -3.60. The highest BCUT2D eigenvalue weighted by Crippen LogP contribution is 2.35. The van der Waals surface area contributed by atoms with Crippen molar-refractivity contribution in [3.63, 3.8) is 0 Å². The maximum atomic E-state index is 12.3. The molecule has 0 unspecified atom stereocenters. The Balaban J connectivity index is 1.82. The van der Waals surface area contributed by atoms with Crippen molar-refractivity contribution in [2.45, 2.75) is 10.6 Å². The topological polar surface area (TPSA) is 90.7 Å². The summed E-state index contributed by atoms with van der Waals surface area (Å²) < 4.78 is 37.8. The zero-order valence-corrected chi connectivity index (χ0v) is 12.7. The van der Waals surface area contributed by atoms with E-state index in [0.717, 1.165) is 4.88 Å². The number of anilines is 1. The zero-order valence-electron chi connectivity index (χ0n) is 11.0. The Labute approximate surface area is 126 Å². The van der Waals surface area contributed by atoms with E-state index in [2.05, 4.69) is 4.72 Å². The number of benzene rings is 1. The summed E-state index contributed by atoms with van der Waals surface area (Å²) in [7, 11) is -3.60. The van der Waals surface area contributed by atoms with Gasteiger partial charge in [0.2, 0.25) is 6.79 Å². The molecule has 3 rings (SSSR count). The van der Waals surface area contributed by atoms with Gasteiger partial charge in [0.25, 0.3) is 10.0 Å². The second kappa shape index (κ2) is 5.55. The van der Waals surface area contributed by atoms with E-state index in [0.29, 0.717) is 30.2 Å². The normalized spacial score (nSPS) is 13.4. The van der Waals surface area contributed by atoms with Crippen LogP contribution >= 0.6 is 11.3 Å². The average Bonchev–Trinajstić information content (AvgIpc) is 3.07. The molecule has 0 fully saturated rings. The maximum Gasteiger partial charge on any atom is 0.271 e. The van der Waals surface area contributed by atoms with Crippen molar-refractivity contribution in [2.75, 3.05) is 18.1 Å². The Morgan fingerprint density at radius 2 is 2.00 bits per heavy atom. The third-order valence-electron chi connectivity index (χ3n) is 2.92. The molecule has 8 heteroatoms. The minimum Gasteiger partial charge on any atom is -0.454 e. The van der Waals surface area contributed by atoms with Crippen LogP contribution in [0.25, 0.3) is 0 Å². The van der Waals surface area contributed by atoms with Crippen LogP contribution in [0.1, 0.15) is 4.88 Å². The number of thiophene rings is 1. The van der Waals surface area contributed by atoms with E-state index in [4.69, 9.17) is 15.2 Å². The molecule has 1 aromatic carbocycles. The van der Waals surface area contributed by atoms with Crippen LogP contribution in [0.4, 0.5) is 5.69 Å². The van der Waals surface area contributed by atoms with E-state index >= 15 is 0 Å². The Kier molecular flexibility index (Phi) is 3.75. The molecule has 6 nitrogen and oxygen atoms in total. The molecule has 1 aromatic heterocycles. The molecule has 0 amide bonds. The fraction of sp³-hybridized carbons (Fsp3) is 0.231. The minimum absolute atomic E-state index is 0.152. The number of ether oxygens (including phenoxy) is 2. The quantitative estimate of drug-likeness (QED) is 0.874. The third-order valence-corrected chi connectivity index (χ3v) is 5.94. The van der Waals surface area contributed by atoms with Gasteiger partial charge in [-0.15, -0.1) is 11.3 Å². The summed E-state index contributed by atoms with van der Waals surface area (Å²) in [5.41, 5.74) is 5.91. The van der Waals surface area contributed by atoms with Crippen LogP contribution in [-0.2, 0) is 16.4 Å². The average molecular weight is 326 g/mol. The number of fused-ring (bicyclic) bond motifs is 1. The van der Waals surface area contributed by atoms with Crippen LogP contribution in [0.2, 0.25) is 0 Å². The second-order valence-corrected chi connectivity index (χ2v) is 7.51. The predicted molar refractivity (Wildman–Crippen MR) is 80.5 cm³/mol. The first kappa shape index (κ1) is 14.2. The first-order valence-corrected chi connectivity index (χ1v) is 8.60. The third kappa shape index (κ3) is 2.97. The Hall–Kier alpha value is -1.77. The summed E-state index contributed by atoms with van der Waals surface area (Å²) >= 11 is 1.22. The summed E-state index contributed by atoms with van der Waals surface area (Å²) in [6.07, 6.45) is 0.671. The van der Waals surface area contributed by atoms with Gasteiger partial charge in [0.05, 0.1) is 5.69 Å². The van der Waals surface area contributed by atoms with Gasteiger partial charge in [-0.3, -0.25) is 4.72 Å². The molecule has 0 spiro atoms. The lowest BCUT2D eigenvalue weighted by Gasteiger charge is -2.06. The molecule has 2 aromatic rings. The van der Waals surface area contributed by atoms with Crippen molar-refractivity contribution in [1.29, 1.82) is 0 Å². The van der Waals surface area contributed by atoms with Gasteiger partial charge in [-0.1, -0.05) is 0 Å². The van der Waals surface area contributed by atoms with Gasteiger partial charge in [-0.2, -0.15) is 0 Å². The molecule has 0 saturated heterocycles. The molecule has 0 bridgehead atoms. The molecular formula is C13H14N2O4S2. The molecule has 0 saturated carbocycles. The summed E-state index contributed by atoms with van der Waals surface area (Å²) in [5.74, 6) is 1.14. The zero-order chi connectivity index (χ0) is 14.9. The lowest BCUT2D eigenvalue weighted by molar-refractivity contribution is 0.174. The Morgan fingerprint density at radius 3 is 2.81 bits per heavy atom. The van der Waals surface area contributed by atoms with Gasteiger partial charge in [0.1, 0.15) is 4.21 Å². The van der Waals surface area contributed by atoms with E-state index < -0.39 is 10.0 Å². The van der Waals surface area contributed by atoms with Gasteiger partial charge in [-0.05, 0) is 37.2 Å². The number of rotatable bonds is 5. The molecule has 1 aliphatic rings. The molecule has 0 atom stereocenters. The number of sulfonamides is 1. The standard InChI is InChI=1S/C13H14N2O4S2/c14-6-5-10-2-4-13(20-10)21(16,17)15-9-1-3-11-12(7-9)19-8-18-11/h1-4,7,15H,5-6,8,14H2. The molecule has 112 valence electrons. The van der Waals surface area contributed by atoms with Crippen molar-refractivity contribution in [3.05, 3.63) is 35.2 Å². The Morgan fingerprint density at radius 1 is 1.19 bits per heavy atom. The predicted octanol–water partition coefficient (Wildman–Crippen LogP) is 1.78. The van der Waals surface area contributed by atoms with Gasteiger partial charge in [-0.25, -0.2) is 8.42 Å². The van der Waals surface area contributed by atoms with Crippen LogP contribution in [0.15, 0.2) is 34.5 Å². The molecule has 0 radical (unpaired) electrons. The smallest absolute Gasteiger partial charge is 0.271 e. The van der Waals surface area contributed by atoms with Crippen molar-refractivity contribution < 1.29 is 17.9 Å². The highest BCUT2D eigenvalue weighted by molar-refractivity contribution is 7.94. The van der Waals surface area contributed by atoms with Gasteiger partial charge in [0, 0.05) is 10.9 Å². The van der Waals surface area contributed by atoms with E-state index in [1.807, 2.05) is 0 Å². The fourth-order valence-corrected chi connectivity index (χ4v) is 4.37. The molecule has 2 heterocycles.